The molecule has 1 fully saturated rings. The van der Waals surface area contributed by atoms with E-state index in [4.69, 9.17) is 0 Å². The molecular weight excluding hydrogens is 425 g/mol. The molecule has 0 saturated carbocycles. The fourth-order valence-electron chi connectivity index (χ4n) is 4.70. The number of hydrogen-bond acceptors (Lipinski definition) is 5. The molecule has 7 nitrogen and oxygen atoms in total. The maximum atomic E-state index is 14.3. The van der Waals surface area contributed by atoms with Crippen molar-refractivity contribution in [3.05, 3.63) is 70.5 Å². The number of hydrogen-bond donors (Lipinski definition) is 1. The minimum absolute atomic E-state index is 0.0311. The molecule has 2 aliphatic rings. The van der Waals surface area contributed by atoms with Crippen LogP contribution < -0.4 is 4.90 Å². The summed E-state index contributed by atoms with van der Waals surface area (Å²) in [6.45, 7) is 2.34. The molecule has 0 aromatic heterocycles. The van der Waals surface area contributed by atoms with E-state index < -0.39 is 34.7 Å². The number of anilines is 1. The Labute approximate surface area is 191 Å². The highest BCUT2D eigenvalue weighted by Crippen LogP contribution is 2.53. The molecule has 2 amide bonds. The van der Waals surface area contributed by atoms with Gasteiger partial charge in [0.2, 0.25) is 0 Å². The zero-order valence-corrected chi connectivity index (χ0v) is 19.1. The van der Waals surface area contributed by atoms with E-state index in [0.717, 1.165) is 6.07 Å². The molecule has 0 radical (unpaired) electrons. The first-order valence-corrected chi connectivity index (χ1v) is 10.7. The third-order valence-electron chi connectivity index (χ3n) is 6.37. The number of benzene rings is 2. The van der Waals surface area contributed by atoms with E-state index in [2.05, 4.69) is 0 Å². The van der Waals surface area contributed by atoms with Crippen molar-refractivity contribution in [2.24, 2.45) is 0 Å². The van der Waals surface area contributed by atoms with E-state index in [1.54, 1.807) is 38.2 Å². The van der Waals surface area contributed by atoms with Crippen LogP contribution >= 0.6 is 0 Å². The van der Waals surface area contributed by atoms with Gasteiger partial charge in [0.1, 0.15) is 11.6 Å². The van der Waals surface area contributed by atoms with Gasteiger partial charge in [0.05, 0.1) is 5.57 Å². The first-order chi connectivity index (χ1) is 15.6. The first-order valence-electron chi connectivity index (χ1n) is 10.7. The van der Waals surface area contributed by atoms with Crippen molar-refractivity contribution in [3.63, 3.8) is 0 Å². The van der Waals surface area contributed by atoms with Gasteiger partial charge in [-0.2, -0.15) is 0 Å². The molecule has 1 N–H and O–H groups in total. The number of para-hydroxylation sites is 1. The number of fused-ring (bicyclic) bond motifs is 2. The predicted molar refractivity (Wildman–Crippen MR) is 122 cm³/mol. The fraction of sp³-hybridized carbons (Fsp3) is 0.320. The summed E-state index contributed by atoms with van der Waals surface area (Å²) in [7, 11) is 5.35. The Hall–Kier alpha value is -3.52. The lowest BCUT2D eigenvalue weighted by Gasteiger charge is -2.34. The molecule has 2 aromatic carbocycles. The minimum atomic E-state index is -1.81. The maximum absolute atomic E-state index is 14.3. The standard InChI is InChI=1S/C25H26FN3O4/c1-15-10-11-16(14-18(15)26)21(30)20-22(31)23(32)29(13-7-12-27(2)3)25(20)17-8-5-6-9-19(17)28(4)24(25)33/h5-6,8-11,14,30H,7,12-13H2,1-4H3/t25-/m1/s1. The molecule has 1 spiro atoms. The smallest absolute Gasteiger partial charge is 0.296 e. The second kappa shape index (κ2) is 8.12. The van der Waals surface area contributed by atoms with Gasteiger partial charge in [0.15, 0.2) is 5.54 Å². The quantitative estimate of drug-likeness (QED) is 0.430. The van der Waals surface area contributed by atoms with Crippen LogP contribution in [0.25, 0.3) is 5.76 Å². The average Bonchev–Trinajstić information content (AvgIpc) is 3.14. The van der Waals surface area contributed by atoms with Gasteiger partial charge < -0.3 is 19.8 Å². The second-order valence-electron chi connectivity index (χ2n) is 8.72. The van der Waals surface area contributed by atoms with Crippen LogP contribution in [0.15, 0.2) is 48.0 Å². The van der Waals surface area contributed by atoms with Crippen molar-refractivity contribution in [1.82, 2.24) is 9.80 Å². The molecule has 1 saturated heterocycles. The lowest BCUT2D eigenvalue weighted by Crippen LogP contribution is -2.51. The molecule has 0 bridgehead atoms. The van der Waals surface area contributed by atoms with E-state index in [-0.39, 0.29) is 17.7 Å². The van der Waals surface area contributed by atoms with E-state index >= 15 is 0 Å². The van der Waals surface area contributed by atoms with Crippen molar-refractivity contribution in [1.29, 1.82) is 0 Å². The minimum Gasteiger partial charge on any atom is -0.507 e. The lowest BCUT2D eigenvalue weighted by atomic mass is 9.81. The molecule has 8 heteroatoms. The van der Waals surface area contributed by atoms with E-state index in [0.29, 0.717) is 29.8 Å². The number of rotatable bonds is 5. The van der Waals surface area contributed by atoms with Crippen LogP contribution in [0.4, 0.5) is 10.1 Å². The van der Waals surface area contributed by atoms with Crippen LogP contribution in [0.2, 0.25) is 0 Å². The number of carbonyl (C=O) groups excluding carboxylic acids is 3. The summed E-state index contributed by atoms with van der Waals surface area (Å²) in [6.07, 6.45) is 0.514. The van der Waals surface area contributed by atoms with Crippen LogP contribution in [0, 0.1) is 12.7 Å². The van der Waals surface area contributed by atoms with E-state index in [1.807, 2.05) is 19.0 Å². The summed E-state index contributed by atoms with van der Waals surface area (Å²) in [4.78, 5) is 45.0. The van der Waals surface area contributed by atoms with Gasteiger partial charge in [-0.1, -0.05) is 30.3 Å². The third-order valence-corrected chi connectivity index (χ3v) is 6.37. The summed E-state index contributed by atoms with van der Waals surface area (Å²) in [5, 5.41) is 11.2. The summed E-state index contributed by atoms with van der Waals surface area (Å²) >= 11 is 0. The topological polar surface area (TPSA) is 81.2 Å². The second-order valence-corrected chi connectivity index (χ2v) is 8.72. The molecule has 0 unspecified atom stereocenters. The SMILES string of the molecule is Cc1ccc(C(O)=C2C(=O)C(=O)N(CCCN(C)C)[C@@]23C(=O)N(C)c2ccccc23)cc1F. The summed E-state index contributed by atoms with van der Waals surface area (Å²) < 4.78 is 14.3. The van der Waals surface area contributed by atoms with Crippen LogP contribution in [-0.4, -0.2) is 66.7 Å². The Bertz CT molecular complexity index is 1210. The Morgan fingerprint density at radius 1 is 1.12 bits per heavy atom. The number of aliphatic hydroxyl groups is 1. The molecule has 2 aliphatic heterocycles. The first kappa shape index (κ1) is 22.7. The number of likely N-dealkylation sites (tertiary alicyclic amines) is 1. The lowest BCUT2D eigenvalue weighted by molar-refractivity contribution is -0.143. The van der Waals surface area contributed by atoms with Crippen molar-refractivity contribution >= 4 is 29.0 Å². The number of amides is 2. The van der Waals surface area contributed by atoms with Crippen molar-refractivity contribution < 1.29 is 23.9 Å². The normalized spacial score (nSPS) is 21.6. The highest BCUT2D eigenvalue weighted by molar-refractivity contribution is 6.50. The van der Waals surface area contributed by atoms with E-state index in [1.165, 1.54) is 21.9 Å². The Morgan fingerprint density at radius 2 is 1.82 bits per heavy atom. The number of nitrogens with zero attached hydrogens (tertiary/aromatic N) is 3. The molecule has 0 aliphatic carbocycles. The van der Waals surface area contributed by atoms with Crippen molar-refractivity contribution in [2.75, 3.05) is 39.1 Å². The number of halogens is 1. The number of aryl methyl sites for hydroxylation is 1. The van der Waals surface area contributed by atoms with Gasteiger partial charge >= 0.3 is 0 Å². The van der Waals surface area contributed by atoms with Gasteiger partial charge in [-0.05, 0) is 51.7 Å². The largest absolute Gasteiger partial charge is 0.507 e. The summed E-state index contributed by atoms with van der Waals surface area (Å²) in [5.41, 5.74) is -0.755. The van der Waals surface area contributed by atoms with Crippen LogP contribution in [0.1, 0.15) is 23.1 Å². The number of carbonyl (C=O) groups is 3. The van der Waals surface area contributed by atoms with Crippen LogP contribution in [0.5, 0.6) is 0 Å². The van der Waals surface area contributed by atoms with Gasteiger partial charge in [-0.3, -0.25) is 14.4 Å². The molecule has 4 rings (SSSR count). The molecule has 1 atom stereocenters. The van der Waals surface area contributed by atoms with Crippen molar-refractivity contribution in [3.8, 4) is 0 Å². The van der Waals surface area contributed by atoms with Gasteiger partial charge in [-0.25, -0.2) is 4.39 Å². The summed E-state index contributed by atoms with van der Waals surface area (Å²) in [5.74, 6) is -3.47. The van der Waals surface area contributed by atoms with Gasteiger partial charge in [0.25, 0.3) is 17.6 Å². The zero-order chi connectivity index (χ0) is 24.1. The zero-order valence-electron chi connectivity index (χ0n) is 19.1. The highest BCUT2D eigenvalue weighted by Gasteiger charge is 2.66. The molecule has 172 valence electrons. The Kier molecular flexibility index (Phi) is 5.57. The maximum Gasteiger partial charge on any atom is 0.296 e. The molecule has 2 aromatic rings. The summed E-state index contributed by atoms with van der Waals surface area (Å²) in [6, 6.07) is 10.9. The number of ketones is 1. The number of likely N-dealkylation sites (N-methyl/N-ethyl adjacent to an activating group) is 1. The van der Waals surface area contributed by atoms with Crippen molar-refractivity contribution in [2.45, 2.75) is 18.9 Å². The van der Waals surface area contributed by atoms with Gasteiger partial charge in [-0.15, -0.1) is 0 Å². The van der Waals surface area contributed by atoms with Crippen LogP contribution in [0.3, 0.4) is 0 Å². The van der Waals surface area contributed by atoms with Gasteiger partial charge in [0, 0.05) is 30.4 Å². The van der Waals surface area contributed by atoms with Crippen LogP contribution in [-0.2, 0) is 19.9 Å². The fourth-order valence-corrected chi connectivity index (χ4v) is 4.70. The molecule has 2 heterocycles. The predicted octanol–water partition coefficient (Wildman–Crippen LogP) is 2.64. The Morgan fingerprint density at radius 3 is 2.48 bits per heavy atom. The third kappa shape index (κ3) is 3.24. The molecular formula is C25H26FN3O4. The van der Waals surface area contributed by atoms with E-state index in [9.17, 15) is 23.9 Å². The number of aliphatic hydroxyl groups excluding tert-OH is 1. The highest BCUT2D eigenvalue weighted by atomic mass is 19.1. The monoisotopic (exact) mass is 451 g/mol. The average molecular weight is 451 g/mol. The Balaban J connectivity index is 2.00. The molecule has 33 heavy (non-hydrogen) atoms. The number of Topliss-reactive ketones (excluding diaryl/α,β-unsaturated/α-hetero) is 1.